The quantitative estimate of drug-likeness (QED) is 0.404. The Kier molecular flexibility index (Phi) is 7.07. The highest BCUT2D eigenvalue weighted by molar-refractivity contribution is 5.89. The number of hydrogen-bond donors (Lipinski definition) is 2. The number of H-pyrrole nitrogens is 1. The van der Waals surface area contributed by atoms with Crippen molar-refractivity contribution >= 4 is 22.6 Å². The van der Waals surface area contributed by atoms with Gasteiger partial charge in [-0.15, -0.1) is 0 Å². The minimum absolute atomic E-state index is 0.0613. The fourth-order valence-corrected chi connectivity index (χ4v) is 3.68. The van der Waals surface area contributed by atoms with E-state index in [1.54, 1.807) is 61.7 Å². The molecule has 35 heavy (non-hydrogen) atoms. The molecule has 0 saturated heterocycles. The molecule has 4 aromatic rings. The van der Waals surface area contributed by atoms with Crippen LogP contribution in [0.2, 0.25) is 0 Å². The van der Waals surface area contributed by atoms with E-state index in [1.807, 2.05) is 12.1 Å². The first-order valence-corrected chi connectivity index (χ1v) is 11.0. The van der Waals surface area contributed by atoms with Gasteiger partial charge < -0.3 is 19.9 Å². The Hall–Kier alpha value is -4.64. The van der Waals surface area contributed by atoms with Crippen molar-refractivity contribution in [2.75, 3.05) is 19.0 Å². The van der Waals surface area contributed by atoms with E-state index in [2.05, 4.69) is 10.3 Å². The molecule has 8 heteroatoms. The van der Waals surface area contributed by atoms with Crippen LogP contribution in [0.3, 0.4) is 0 Å². The van der Waals surface area contributed by atoms with Gasteiger partial charge in [0.25, 0.3) is 5.56 Å². The standard InChI is InChI=1S/C27H23FN4O3/c1-35-24-10-11-25-20(15-24)14-21(26(33)31-25)17-32(13-12-18-2-6-22(28)7-3-18)27(34)30-23-8-4-19(16-29)5-9-23/h2-11,14-15H,12-13,17H2,1H3,(H,30,34)(H,31,33). The summed E-state index contributed by atoms with van der Waals surface area (Å²) in [4.78, 5) is 30.3. The summed E-state index contributed by atoms with van der Waals surface area (Å²) in [5.41, 5.74) is 2.66. The Balaban J connectivity index is 1.60. The maximum atomic E-state index is 13.3. The lowest BCUT2D eigenvalue weighted by atomic mass is 10.1. The molecule has 0 aliphatic rings. The van der Waals surface area contributed by atoms with Gasteiger partial charge in [0.15, 0.2) is 0 Å². The van der Waals surface area contributed by atoms with Crippen molar-refractivity contribution in [2.45, 2.75) is 13.0 Å². The van der Waals surface area contributed by atoms with Crippen LogP contribution in [0.15, 0.2) is 77.6 Å². The molecule has 7 nitrogen and oxygen atoms in total. The highest BCUT2D eigenvalue weighted by Crippen LogP contribution is 2.20. The number of amides is 2. The first kappa shape index (κ1) is 23.5. The van der Waals surface area contributed by atoms with Crippen molar-refractivity contribution in [3.63, 3.8) is 0 Å². The summed E-state index contributed by atoms with van der Waals surface area (Å²) in [5, 5.41) is 12.6. The molecular weight excluding hydrogens is 447 g/mol. The summed E-state index contributed by atoms with van der Waals surface area (Å²) >= 11 is 0. The van der Waals surface area contributed by atoms with Crippen LogP contribution >= 0.6 is 0 Å². The van der Waals surface area contributed by atoms with Gasteiger partial charge in [-0.1, -0.05) is 12.1 Å². The maximum Gasteiger partial charge on any atom is 0.322 e. The number of nitriles is 1. The van der Waals surface area contributed by atoms with E-state index in [1.165, 1.54) is 17.0 Å². The van der Waals surface area contributed by atoms with Crippen LogP contribution in [0.4, 0.5) is 14.9 Å². The SMILES string of the molecule is COc1ccc2[nH]c(=O)c(CN(CCc3ccc(F)cc3)C(=O)Nc3ccc(C#N)cc3)cc2c1. The fourth-order valence-electron chi connectivity index (χ4n) is 3.68. The van der Waals surface area contributed by atoms with Gasteiger partial charge in [-0.05, 0) is 72.6 Å². The Labute approximate surface area is 201 Å². The topological polar surface area (TPSA) is 98.2 Å². The minimum atomic E-state index is -0.401. The number of urea groups is 1. The highest BCUT2D eigenvalue weighted by Gasteiger charge is 2.17. The van der Waals surface area contributed by atoms with Crippen LogP contribution in [0.1, 0.15) is 16.7 Å². The molecule has 0 bridgehead atoms. The first-order valence-electron chi connectivity index (χ1n) is 11.0. The van der Waals surface area contributed by atoms with Crippen molar-refractivity contribution in [1.82, 2.24) is 9.88 Å². The van der Waals surface area contributed by atoms with Crippen molar-refractivity contribution < 1.29 is 13.9 Å². The molecule has 0 saturated carbocycles. The van der Waals surface area contributed by atoms with Crippen LogP contribution in [0.25, 0.3) is 10.9 Å². The zero-order valence-electron chi connectivity index (χ0n) is 19.0. The van der Waals surface area contributed by atoms with Crippen LogP contribution in [-0.2, 0) is 13.0 Å². The fraction of sp³-hybridized carbons (Fsp3) is 0.148. The van der Waals surface area contributed by atoms with E-state index in [4.69, 9.17) is 10.00 Å². The zero-order chi connectivity index (χ0) is 24.8. The second kappa shape index (κ2) is 10.5. The number of carbonyl (C=O) groups excluding carboxylic acids is 1. The molecule has 3 aromatic carbocycles. The van der Waals surface area contributed by atoms with E-state index < -0.39 is 6.03 Å². The van der Waals surface area contributed by atoms with Crippen molar-refractivity contribution in [3.8, 4) is 11.8 Å². The number of fused-ring (bicyclic) bond motifs is 1. The number of hydrogen-bond acceptors (Lipinski definition) is 4. The molecule has 0 radical (unpaired) electrons. The average molecular weight is 471 g/mol. The van der Waals surface area contributed by atoms with Crippen molar-refractivity contribution in [3.05, 3.63) is 106 Å². The van der Waals surface area contributed by atoms with Crippen LogP contribution < -0.4 is 15.6 Å². The number of methoxy groups -OCH3 is 1. The Morgan fingerprint density at radius 3 is 2.51 bits per heavy atom. The van der Waals surface area contributed by atoms with Gasteiger partial charge in [-0.25, -0.2) is 9.18 Å². The molecule has 176 valence electrons. The number of carbonyl (C=O) groups is 1. The molecule has 2 N–H and O–H groups in total. The molecule has 1 heterocycles. The first-order chi connectivity index (χ1) is 16.9. The third-order valence-electron chi connectivity index (χ3n) is 5.63. The molecule has 0 aliphatic heterocycles. The predicted octanol–water partition coefficient (Wildman–Crippen LogP) is 4.82. The van der Waals surface area contributed by atoms with E-state index in [0.717, 1.165) is 10.9 Å². The van der Waals surface area contributed by atoms with Gasteiger partial charge in [-0.2, -0.15) is 5.26 Å². The number of aromatic amines is 1. The maximum absolute atomic E-state index is 13.3. The number of rotatable bonds is 7. The summed E-state index contributed by atoms with van der Waals surface area (Å²) in [7, 11) is 1.57. The molecule has 0 unspecified atom stereocenters. The van der Waals surface area contributed by atoms with E-state index in [-0.39, 0.29) is 17.9 Å². The number of aromatic nitrogens is 1. The minimum Gasteiger partial charge on any atom is -0.497 e. The third-order valence-corrected chi connectivity index (χ3v) is 5.63. The lowest BCUT2D eigenvalue weighted by Gasteiger charge is -2.23. The molecule has 0 aliphatic carbocycles. The lowest BCUT2D eigenvalue weighted by molar-refractivity contribution is 0.209. The molecule has 0 atom stereocenters. The highest BCUT2D eigenvalue weighted by atomic mass is 19.1. The number of benzene rings is 3. The number of ether oxygens (including phenoxy) is 1. The summed E-state index contributed by atoms with van der Waals surface area (Å²) in [5.74, 6) is 0.324. The van der Waals surface area contributed by atoms with Crippen LogP contribution in [0, 0.1) is 17.1 Å². The second-order valence-corrected chi connectivity index (χ2v) is 7.99. The zero-order valence-corrected chi connectivity index (χ0v) is 19.0. The van der Waals surface area contributed by atoms with Crippen LogP contribution in [-0.4, -0.2) is 29.6 Å². The van der Waals surface area contributed by atoms with Gasteiger partial charge in [-0.3, -0.25) is 4.79 Å². The molecule has 0 fully saturated rings. The van der Waals surface area contributed by atoms with Crippen molar-refractivity contribution in [2.24, 2.45) is 0 Å². The number of halogens is 1. The predicted molar refractivity (Wildman–Crippen MR) is 132 cm³/mol. The molecular formula is C27H23FN4O3. The summed E-state index contributed by atoms with van der Waals surface area (Å²) < 4.78 is 18.6. The Morgan fingerprint density at radius 1 is 1.09 bits per heavy atom. The average Bonchev–Trinajstić information content (AvgIpc) is 2.87. The molecule has 0 spiro atoms. The number of anilines is 1. The lowest BCUT2D eigenvalue weighted by Crippen LogP contribution is -2.37. The van der Waals surface area contributed by atoms with Crippen LogP contribution in [0.5, 0.6) is 5.75 Å². The molecule has 4 rings (SSSR count). The number of nitrogens with one attached hydrogen (secondary N) is 2. The monoisotopic (exact) mass is 470 g/mol. The van der Waals surface area contributed by atoms with E-state index in [0.29, 0.717) is 41.0 Å². The Bertz CT molecular complexity index is 1440. The second-order valence-electron chi connectivity index (χ2n) is 7.99. The third kappa shape index (κ3) is 5.84. The largest absolute Gasteiger partial charge is 0.497 e. The van der Waals surface area contributed by atoms with Gasteiger partial charge in [0.05, 0.1) is 25.3 Å². The van der Waals surface area contributed by atoms with Gasteiger partial charge in [0, 0.05) is 28.7 Å². The summed E-state index contributed by atoms with van der Waals surface area (Å²) in [6.07, 6.45) is 0.473. The smallest absolute Gasteiger partial charge is 0.322 e. The number of pyridine rings is 1. The molecule has 2 amide bonds. The van der Waals surface area contributed by atoms with Gasteiger partial charge in [0.1, 0.15) is 11.6 Å². The summed E-state index contributed by atoms with van der Waals surface area (Å²) in [6, 6.07) is 21.3. The van der Waals surface area contributed by atoms with E-state index >= 15 is 0 Å². The number of nitrogens with zero attached hydrogens (tertiary/aromatic N) is 2. The van der Waals surface area contributed by atoms with Gasteiger partial charge in [0.2, 0.25) is 0 Å². The normalized spacial score (nSPS) is 10.5. The van der Waals surface area contributed by atoms with Crippen molar-refractivity contribution in [1.29, 1.82) is 5.26 Å². The van der Waals surface area contributed by atoms with Gasteiger partial charge >= 0.3 is 6.03 Å². The van der Waals surface area contributed by atoms with E-state index in [9.17, 15) is 14.0 Å². The molecule has 1 aromatic heterocycles. The Morgan fingerprint density at radius 2 is 1.83 bits per heavy atom. The summed E-state index contributed by atoms with van der Waals surface area (Å²) in [6.45, 7) is 0.356.